The third-order valence-corrected chi connectivity index (χ3v) is 3.75. The fraction of sp³-hybridized carbons (Fsp3) is 0.400. The lowest BCUT2D eigenvalue weighted by Gasteiger charge is -2.22. The molecule has 1 N–H and O–H groups in total. The molecule has 2 rings (SSSR count). The molecule has 0 aliphatic carbocycles. The SMILES string of the molecule is CC[C@@H](C)[C@@H](NC(=O)c1ccc(F)cc1-n1cnnn1)C(=O)OC. The summed E-state index contributed by atoms with van der Waals surface area (Å²) in [5.41, 5.74) is 0.311. The topological polar surface area (TPSA) is 99.0 Å². The van der Waals surface area contributed by atoms with Crippen LogP contribution in [0.15, 0.2) is 24.5 Å². The van der Waals surface area contributed by atoms with Crippen molar-refractivity contribution < 1.29 is 18.7 Å². The Labute approximate surface area is 138 Å². The molecule has 0 saturated heterocycles. The van der Waals surface area contributed by atoms with Gasteiger partial charge in [-0.25, -0.2) is 9.18 Å². The first-order valence-electron chi connectivity index (χ1n) is 7.39. The molecule has 1 amide bonds. The standard InChI is InChI=1S/C15H18FN5O3/c1-4-9(2)13(15(23)24-3)18-14(22)11-6-5-10(16)7-12(11)21-8-17-19-20-21/h5-9,13H,4H2,1-3H3,(H,18,22)/t9-,13-/m1/s1. The molecule has 0 bridgehead atoms. The molecule has 128 valence electrons. The van der Waals surface area contributed by atoms with Crippen LogP contribution in [0.3, 0.4) is 0 Å². The van der Waals surface area contributed by atoms with E-state index in [0.717, 1.165) is 12.1 Å². The van der Waals surface area contributed by atoms with Crippen molar-refractivity contribution in [1.82, 2.24) is 25.5 Å². The minimum Gasteiger partial charge on any atom is -0.467 e. The molecule has 2 aromatic rings. The van der Waals surface area contributed by atoms with E-state index in [9.17, 15) is 14.0 Å². The van der Waals surface area contributed by atoms with Crippen molar-refractivity contribution >= 4 is 11.9 Å². The molecule has 8 nitrogen and oxygen atoms in total. The Balaban J connectivity index is 2.34. The summed E-state index contributed by atoms with van der Waals surface area (Å²) < 4.78 is 19.5. The molecule has 0 spiro atoms. The molecule has 0 saturated carbocycles. The molecule has 24 heavy (non-hydrogen) atoms. The zero-order chi connectivity index (χ0) is 17.7. The van der Waals surface area contributed by atoms with E-state index in [4.69, 9.17) is 4.74 Å². The van der Waals surface area contributed by atoms with Gasteiger partial charge in [-0.05, 0) is 28.5 Å². The van der Waals surface area contributed by atoms with E-state index in [1.165, 1.54) is 24.2 Å². The van der Waals surface area contributed by atoms with Gasteiger partial charge >= 0.3 is 5.97 Å². The van der Waals surface area contributed by atoms with Gasteiger partial charge in [0.1, 0.15) is 18.2 Å². The summed E-state index contributed by atoms with van der Waals surface area (Å²) in [6.45, 7) is 3.73. The van der Waals surface area contributed by atoms with Gasteiger partial charge in [-0.3, -0.25) is 4.79 Å². The van der Waals surface area contributed by atoms with Crippen LogP contribution in [0, 0.1) is 11.7 Å². The van der Waals surface area contributed by atoms with Crippen molar-refractivity contribution in [2.75, 3.05) is 7.11 Å². The van der Waals surface area contributed by atoms with E-state index in [-0.39, 0.29) is 17.2 Å². The van der Waals surface area contributed by atoms with E-state index in [0.29, 0.717) is 6.42 Å². The molecular formula is C15H18FN5O3. The highest BCUT2D eigenvalue weighted by Crippen LogP contribution is 2.17. The van der Waals surface area contributed by atoms with Gasteiger partial charge in [-0.15, -0.1) is 5.10 Å². The van der Waals surface area contributed by atoms with Crippen LogP contribution >= 0.6 is 0 Å². The highest BCUT2D eigenvalue weighted by molar-refractivity contribution is 5.99. The summed E-state index contributed by atoms with van der Waals surface area (Å²) in [5, 5.41) is 13.3. The van der Waals surface area contributed by atoms with Gasteiger partial charge in [0.2, 0.25) is 0 Å². The number of halogens is 1. The third kappa shape index (κ3) is 3.73. The van der Waals surface area contributed by atoms with Gasteiger partial charge in [0.25, 0.3) is 5.91 Å². The van der Waals surface area contributed by atoms with Crippen LogP contribution < -0.4 is 5.32 Å². The van der Waals surface area contributed by atoms with E-state index in [2.05, 4.69) is 20.8 Å². The minimum atomic E-state index is -0.806. The number of hydrogen-bond acceptors (Lipinski definition) is 6. The number of carbonyl (C=O) groups is 2. The summed E-state index contributed by atoms with van der Waals surface area (Å²) in [7, 11) is 1.26. The highest BCUT2D eigenvalue weighted by atomic mass is 19.1. The first-order chi connectivity index (χ1) is 11.5. The summed E-state index contributed by atoms with van der Waals surface area (Å²) in [5.74, 6) is -1.75. The Hall–Kier alpha value is -2.84. The average Bonchev–Trinajstić information content (AvgIpc) is 3.12. The largest absolute Gasteiger partial charge is 0.467 e. The van der Waals surface area contributed by atoms with Gasteiger partial charge < -0.3 is 10.1 Å². The number of ether oxygens (including phenoxy) is 1. The van der Waals surface area contributed by atoms with E-state index >= 15 is 0 Å². The van der Waals surface area contributed by atoms with Crippen molar-refractivity contribution in [3.63, 3.8) is 0 Å². The Bertz CT molecular complexity index is 720. The van der Waals surface area contributed by atoms with E-state index in [1.54, 1.807) is 0 Å². The molecule has 1 heterocycles. The van der Waals surface area contributed by atoms with Gasteiger partial charge in [0, 0.05) is 6.07 Å². The zero-order valence-electron chi connectivity index (χ0n) is 13.6. The molecule has 0 aliphatic heterocycles. The third-order valence-electron chi connectivity index (χ3n) is 3.75. The van der Waals surface area contributed by atoms with Crippen LogP contribution in [0.5, 0.6) is 0 Å². The van der Waals surface area contributed by atoms with Gasteiger partial charge in [-0.2, -0.15) is 4.68 Å². The molecule has 0 aliphatic rings. The number of methoxy groups -OCH3 is 1. The van der Waals surface area contributed by atoms with Crippen molar-refractivity contribution in [2.24, 2.45) is 5.92 Å². The van der Waals surface area contributed by atoms with Crippen LogP contribution in [0.1, 0.15) is 30.6 Å². The number of nitrogens with one attached hydrogen (secondary N) is 1. The predicted molar refractivity (Wildman–Crippen MR) is 81.8 cm³/mol. The first kappa shape index (κ1) is 17.5. The summed E-state index contributed by atoms with van der Waals surface area (Å²) in [6.07, 6.45) is 1.92. The lowest BCUT2D eigenvalue weighted by molar-refractivity contribution is -0.144. The molecule has 2 atom stereocenters. The lowest BCUT2D eigenvalue weighted by Crippen LogP contribution is -2.45. The van der Waals surface area contributed by atoms with Crippen LogP contribution in [0.2, 0.25) is 0 Å². The van der Waals surface area contributed by atoms with Gasteiger partial charge in [0.15, 0.2) is 0 Å². The number of hydrogen-bond donors (Lipinski definition) is 1. The molecular weight excluding hydrogens is 317 g/mol. The normalized spacial score (nSPS) is 13.2. The maximum absolute atomic E-state index is 13.5. The Morgan fingerprint density at radius 2 is 2.17 bits per heavy atom. The molecule has 1 aromatic heterocycles. The number of carbonyl (C=O) groups excluding carboxylic acids is 2. The number of aromatic nitrogens is 4. The highest BCUT2D eigenvalue weighted by Gasteiger charge is 2.28. The Kier molecular flexibility index (Phi) is 5.56. The van der Waals surface area contributed by atoms with Gasteiger partial charge in [-0.1, -0.05) is 20.3 Å². The monoisotopic (exact) mass is 335 g/mol. The maximum atomic E-state index is 13.5. The maximum Gasteiger partial charge on any atom is 0.328 e. The Morgan fingerprint density at radius 1 is 1.42 bits per heavy atom. The molecule has 0 fully saturated rings. The van der Waals surface area contributed by atoms with E-state index < -0.39 is 23.7 Å². The summed E-state index contributed by atoms with van der Waals surface area (Å²) >= 11 is 0. The predicted octanol–water partition coefficient (Wildman–Crippen LogP) is 1.12. The number of esters is 1. The van der Waals surface area contributed by atoms with Gasteiger partial charge in [0.05, 0.1) is 18.4 Å². The number of amides is 1. The minimum absolute atomic E-state index is 0.127. The number of nitrogens with zero attached hydrogens (tertiary/aromatic N) is 4. The van der Waals surface area contributed by atoms with Crippen LogP contribution in [0.25, 0.3) is 5.69 Å². The lowest BCUT2D eigenvalue weighted by atomic mass is 9.98. The molecule has 9 heteroatoms. The van der Waals surface area contributed by atoms with Crippen molar-refractivity contribution in [3.05, 3.63) is 35.9 Å². The molecule has 0 radical (unpaired) electrons. The first-order valence-corrected chi connectivity index (χ1v) is 7.39. The second kappa shape index (κ2) is 7.62. The van der Waals surface area contributed by atoms with Crippen LogP contribution in [-0.2, 0) is 9.53 Å². The van der Waals surface area contributed by atoms with Crippen LogP contribution in [-0.4, -0.2) is 45.2 Å². The summed E-state index contributed by atoms with van der Waals surface area (Å²) in [4.78, 5) is 24.5. The smallest absolute Gasteiger partial charge is 0.328 e. The molecule has 1 aromatic carbocycles. The molecule has 0 unspecified atom stereocenters. The van der Waals surface area contributed by atoms with Crippen molar-refractivity contribution in [3.8, 4) is 5.69 Å². The van der Waals surface area contributed by atoms with Crippen molar-refractivity contribution in [1.29, 1.82) is 0 Å². The number of tetrazole rings is 1. The quantitative estimate of drug-likeness (QED) is 0.794. The number of rotatable bonds is 6. The second-order valence-electron chi connectivity index (χ2n) is 5.28. The fourth-order valence-corrected chi connectivity index (χ4v) is 2.17. The second-order valence-corrected chi connectivity index (χ2v) is 5.28. The van der Waals surface area contributed by atoms with Crippen LogP contribution in [0.4, 0.5) is 4.39 Å². The van der Waals surface area contributed by atoms with Crippen molar-refractivity contribution in [2.45, 2.75) is 26.3 Å². The summed E-state index contributed by atoms with van der Waals surface area (Å²) in [6, 6.07) is 2.80. The Morgan fingerprint density at radius 3 is 2.75 bits per heavy atom. The fourth-order valence-electron chi connectivity index (χ4n) is 2.17. The zero-order valence-corrected chi connectivity index (χ0v) is 13.6. The average molecular weight is 335 g/mol. The number of benzene rings is 1. The van der Waals surface area contributed by atoms with E-state index in [1.807, 2.05) is 13.8 Å².